The number of Topliss-reactive ketones (excluding diaryl/α,β-unsaturated/α-hetero) is 1. The Bertz CT molecular complexity index is 1160. The van der Waals surface area contributed by atoms with Crippen LogP contribution in [-0.4, -0.2) is 19.2 Å². The molecule has 27 heavy (non-hydrogen) atoms. The van der Waals surface area contributed by atoms with E-state index in [1.54, 1.807) is 43.3 Å². The van der Waals surface area contributed by atoms with Crippen LogP contribution in [0, 0.1) is 12.3 Å². The molecule has 0 bridgehead atoms. The first-order valence-corrected chi connectivity index (χ1v) is 10.4. The molecule has 1 aliphatic rings. The van der Waals surface area contributed by atoms with Gasteiger partial charge in [-0.25, -0.2) is 8.42 Å². The quantitative estimate of drug-likeness (QED) is 0.703. The molecule has 0 saturated carbocycles. The molecule has 0 fully saturated rings. The Morgan fingerprint density at radius 1 is 1.07 bits per heavy atom. The molecular weight excluding hydrogens is 360 g/mol. The predicted molar refractivity (Wildman–Crippen MR) is 107 cm³/mol. The summed E-state index contributed by atoms with van der Waals surface area (Å²) in [5.41, 5.74) is 3.34. The second-order valence-electron chi connectivity index (χ2n) is 8.05. The summed E-state index contributed by atoms with van der Waals surface area (Å²) in [6.45, 7) is 5.91. The van der Waals surface area contributed by atoms with Crippen LogP contribution in [0.1, 0.15) is 41.9 Å². The van der Waals surface area contributed by atoms with Crippen molar-refractivity contribution in [2.75, 3.05) is 4.72 Å². The lowest BCUT2D eigenvalue weighted by Crippen LogP contribution is -2.26. The number of hydrogen-bond donors (Lipinski definition) is 2. The zero-order chi connectivity index (χ0) is 19.4. The van der Waals surface area contributed by atoms with Crippen LogP contribution < -0.4 is 4.72 Å². The van der Waals surface area contributed by atoms with Crippen molar-refractivity contribution in [3.63, 3.8) is 0 Å². The SMILES string of the molecule is Cc1cc2c3c([nH]c2cc1S(=O)(=O)Nc1ccccc1)CC(C)(C)CC3=O. The van der Waals surface area contributed by atoms with Gasteiger partial charge in [-0.2, -0.15) is 0 Å². The lowest BCUT2D eigenvalue weighted by Gasteiger charge is -2.28. The fraction of sp³-hybridized carbons (Fsp3) is 0.286. The maximum Gasteiger partial charge on any atom is 0.262 e. The van der Waals surface area contributed by atoms with Crippen LogP contribution in [0.4, 0.5) is 5.69 Å². The largest absolute Gasteiger partial charge is 0.358 e. The zero-order valence-corrected chi connectivity index (χ0v) is 16.4. The molecule has 1 aromatic heterocycles. The number of carbonyl (C=O) groups is 1. The number of sulfonamides is 1. The van der Waals surface area contributed by atoms with Gasteiger partial charge in [-0.05, 0) is 48.6 Å². The van der Waals surface area contributed by atoms with Gasteiger partial charge in [0.15, 0.2) is 5.78 Å². The minimum atomic E-state index is -3.73. The monoisotopic (exact) mass is 382 g/mol. The Hall–Kier alpha value is -2.60. The minimum absolute atomic E-state index is 0.0935. The average molecular weight is 382 g/mol. The lowest BCUT2D eigenvalue weighted by atomic mass is 9.76. The van der Waals surface area contributed by atoms with E-state index >= 15 is 0 Å². The molecule has 0 unspecified atom stereocenters. The first-order chi connectivity index (χ1) is 12.7. The molecule has 0 atom stereocenters. The predicted octanol–water partition coefficient (Wildman–Crippen LogP) is 4.43. The number of ketones is 1. The maximum absolute atomic E-state index is 12.9. The summed E-state index contributed by atoms with van der Waals surface area (Å²) in [7, 11) is -3.73. The van der Waals surface area contributed by atoms with Crippen molar-refractivity contribution >= 4 is 32.4 Å². The molecule has 1 heterocycles. The second-order valence-corrected chi connectivity index (χ2v) is 9.71. The van der Waals surface area contributed by atoms with Gasteiger partial charge in [0.2, 0.25) is 0 Å². The van der Waals surface area contributed by atoms with Gasteiger partial charge in [-0.3, -0.25) is 9.52 Å². The molecule has 3 aromatic rings. The highest BCUT2D eigenvalue weighted by atomic mass is 32.2. The van der Waals surface area contributed by atoms with E-state index in [0.29, 0.717) is 28.8 Å². The van der Waals surface area contributed by atoms with E-state index in [2.05, 4.69) is 23.6 Å². The molecule has 1 aliphatic carbocycles. The van der Waals surface area contributed by atoms with E-state index in [1.807, 2.05) is 6.07 Å². The second kappa shape index (κ2) is 5.96. The number of aryl methyl sites for hydroxylation is 1. The zero-order valence-electron chi connectivity index (χ0n) is 15.6. The summed E-state index contributed by atoms with van der Waals surface area (Å²) < 4.78 is 28.4. The summed E-state index contributed by atoms with van der Waals surface area (Å²) in [5, 5.41) is 0.807. The Morgan fingerprint density at radius 2 is 1.78 bits per heavy atom. The number of rotatable bonds is 3. The summed E-state index contributed by atoms with van der Waals surface area (Å²) in [6, 6.07) is 12.2. The number of anilines is 1. The molecule has 140 valence electrons. The van der Waals surface area contributed by atoms with Gasteiger partial charge in [-0.15, -0.1) is 0 Å². The number of aromatic nitrogens is 1. The number of carbonyl (C=O) groups excluding carboxylic acids is 1. The first-order valence-electron chi connectivity index (χ1n) is 8.93. The summed E-state index contributed by atoms with van der Waals surface area (Å²) in [6.07, 6.45) is 1.27. The van der Waals surface area contributed by atoms with Gasteiger partial charge < -0.3 is 4.98 Å². The molecule has 0 aliphatic heterocycles. The van der Waals surface area contributed by atoms with Crippen molar-refractivity contribution in [3.8, 4) is 0 Å². The summed E-state index contributed by atoms with van der Waals surface area (Å²) in [4.78, 5) is 16.2. The molecule has 6 heteroatoms. The molecule has 5 nitrogen and oxygen atoms in total. The number of nitrogens with one attached hydrogen (secondary N) is 2. The van der Waals surface area contributed by atoms with E-state index in [9.17, 15) is 13.2 Å². The normalized spacial score (nSPS) is 16.3. The molecular formula is C21H22N2O3S. The van der Waals surface area contributed by atoms with Gasteiger partial charge in [-0.1, -0.05) is 32.0 Å². The number of para-hydroxylation sites is 1. The van der Waals surface area contributed by atoms with Crippen molar-refractivity contribution < 1.29 is 13.2 Å². The highest BCUT2D eigenvalue weighted by Gasteiger charge is 2.34. The molecule has 2 aromatic carbocycles. The van der Waals surface area contributed by atoms with Crippen LogP contribution in [0.25, 0.3) is 10.9 Å². The Labute approximate surface area is 158 Å². The van der Waals surface area contributed by atoms with E-state index in [4.69, 9.17) is 0 Å². The van der Waals surface area contributed by atoms with Crippen LogP contribution in [0.15, 0.2) is 47.4 Å². The Morgan fingerprint density at radius 3 is 2.48 bits per heavy atom. The highest BCUT2D eigenvalue weighted by Crippen LogP contribution is 2.39. The fourth-order valence-corrected chi connectivity index (χ4v) is 5.22. The smallest absolute Gasteiger partial charge is 0.262 e. The fourth-order valence-electron chi connectivity index (χ4n) is 3.91. The van der Waals surface area contributed by atoms with Gasteiger partial charge in [0, 0.05) is 34.3 Å². The summed E-state index contributed by atoms with van der Waals surface area (Å²) >= 11 is 0. The minimum Gasteiger partial charge on any atom is -0.358 e. The van der Waals surface area contributed by atoms with E-state index in [-0.39, 0.29) is 16.1 Å². The third kappa shape index (κ3) is 3.14. The van der Waals surface area contributed by atoms with Gasteiger partial charge >= 0.3 is 0 Å². The molecule has 2 N–H and O–H groups in total. The number of fused-ring (bicyclic) bond motifs is 3. The van der Waals surface area contributed by atoms with Crippen molar-refractivity contribution in [2.24, 2.45) is 5.41 Å². The molecule has 4 rings (SSSR count). The van der Waals surface area contributed by atoms with Crippen molar-refractivity contribution in [2.45, 2.75) is 38.5 Å². The molecule has 0 radical (unpaired) electrons. The topological polar surface area (TPSA) is 79.0 Å². The molecule has 0 spiro atoms. The Kier molecular flexibility index (Phi) is 3.93. The lowest BCUT2D eigenvalue weighted by molar-refractivity contribution is 0.0913. The van der Waals surface area contributed by atoms with Crippen molar-refractivity contribution in [1.29, 1.82) is 0 Å². The van der Waals surface area contributed by atoms with Crippen LogP contribution in [0.2, 0.25) is 0 Å². The maximum atomic E-state index is 12.9. The highest BCUT2D eigenvalue weighted by molar-refractivity contribution is 7.92. The first kappa shape index (κ1) is 17.8. The van der Waals surface area contributed by atoms with Crippen LogP contribution in [0.5, 0.6) is 0 Å². The third-order valence-corrected chi connectivity index (χ3v) is 6.58. The average Bonchev–Trinajstić information content (AvgIpc) is 2.90. The van der Waals surface area contributed by atoms with Gasteiger partial charge in [0.05, 0.1) is 4.90 Å². The van der Waals surface area contributed by atoms with Crippen molar-refractivity contribution in [3.05, 3.63) is 59.3 Å². The van der Waals surface area contributed by atoms with Crippen LogP contribution >= 0.6 is 0 Å². The summed E-state index contributed by atoms with van der Waals surface area (Å²) in [5.74, 6) is 0.116. The van der Waals surface area contributed by atoms with E-state index < -0.39 is 10.0 Å². The number of benzene rings is 2. The standard InChI is InChI=1S/C21H22N2O3S/c1-13-9-15-16(22-17-11-21(2,3)12-18(24)20(15)17)10-19(13)27(25,26)23-14-7-5-4-6-8-14/h4-10,22-23H,11-12H2,1-3H3. The van der Waals surface area contributed by atoms with Crippen LogP contribution in [-0.2, 0) is 16.4 Å². The third-order valence-electron chi connectivity index (χ3n) is 5.06. The molecule has 0 amide bonds. The number of hydrogen-bond acceptors (Lipinski definition) is 3. The number of aromatic amines is 1. The molecule has 0 saturated heterocycles. The van der Waals surface area contributed by atoms with Gasteiger partial charge in [0.1, 0.15) is 0 Å². The number of H-pyrrole nitrogens is 1. The van der Waals surface area contributed by atoms with E-state index in [1.165, 1.54) is 0 Å². The Balaban J connectivity index is 1.82. The van der Waals surface area contributed by atoms with Crippen LogP contribution in [0.3, 0.4) is 0 Å². The van der Waals surface area contributed by atoms with E-state index in [0.717, 1.165) is 17.5 Å². The van der Waals surface area contributed by atoms with Crippen molar-refractivity contribution in [1.82, 2.24) is 4.98 Å². The van der Waals surface area contributed by atoms with Gasteiger partial charge in [0.25, 0.3) is 10.0 Å².